The van der Waals surface area contributed by atoms with Crippen LogP contribution in [0.25, 0.3) is 11.1 Å². The third-order valence-electron chi connectivity index (χ3n) is 5.77. The van der Waals surface area contributed by atoms with Crippen LogP contribution in [0, 0.1) is 0 Å². The number of amides is 3. The van der Waals surface area contributed by atoms with E-state index in [0.717, 1.165) is 0 Å². The Morgan fingerprint density at radius 2 is 1.51 bits per heavy atom. The molecule has 0 spiro atoms. The molecule has 3 amide bonds. The maximum Gasteiger partial charge on any atom is 0.243 e. The number of carbonyl (C=O) groups is 3. The summed E-state index contributed by atoms with van der Waals surface area (Å²) in [6.45, 7) is -0.160. The molecule has 11 N–H and O–H groups in total. The molecule has 0 fully saturated rings. The number of primary amides is 1. The lowest BCUT2D eigenvalue weighted by molar-refractivity contribution is -0.132. The van der Waals surface area contributed by atoms with Gasteiger partial charge in [0.05, 0.1) is 12.1 Å². The third kappa shape index (κ3) is 6.83. The number of aliphatic hydroxyl groups excluding tert-OH is 1. The van der Waals surface area contributed by atoms with Gasteiger partial charge in [-0.2, -0.15) is 0 Å². The molecule has 0 aliphatic carbocycles. The van der Waals surface area contributed by atoms with Crippen molar-refractivity contribution in [2.24, 2.45) is 17.2 Å². The lowest BCUT2D eigenvalue weighted by Crippen LogP contribution is -2.57. The molecule has 35 heavy (non-hydrogen) atoms. The first kappa shape index (κ1) is 27.9. The number of halogens is 1. The smallest absolute Gasteiger partial charge is 0.243 e. The fourth-order valence-corrected chi connectivity index (χ4v) is 3.78. The van der Waals surface area contributed by atoms with Crippen LogP contribution in [0.5, 0.6) is 11.5 Å². The van der Waals surface area contributed by atoms with Gasteiger partial charge >= 0.3 is 0 Å². The summed E-state index contributed by atoms with van der Waals surface area (Å²) in [5, 5.41) is 35.6. The first-order valence-corrected chi connectivity index (χ1v) is 10.8. The predicted molar refractivity (Wildman–Crippen MR) is 131 cm³/mol. The summed E-state index contributed by atoms with van der Waals surface area (Å²) in [6, 6.07) is 5.96. The summed E-state index contributed by atoms with van der Waals surface area (Å²) in [6.07, 6.45) is -1.49. The minimum Gasteiger partial charge on any atom is -0.508 e. The normalized spacial score (nSPS) is 21.4. The molecule has 0 saturated carbocycles. The zero-order chi connectivity index (χ0) is 25.0. The standard InChI is InChI=1S/C23H29N5O6.ClH/c24-10-15(29)9-18-23(34)27-17(21(26)32)8-14-6-12(2-4-20(14)31)11-1-3-19(30)13(5-11)7-16(25)22(33)28-18;/h1-6,15-18,29-31H,7-10,24-25H2,(H2,26,32)(H,27,34)(H,28,33);1H/t15-,16+,17-,18+;/m1./s1. The van der Waals surface area contributed by atoms with Crippen LogP contribution in [0.3, 0.4) is 0 Å². The number of phenols is 2. The first-order chi connectivity index (χ1) is 16.1. The molecule has 2 aromatic carbocycles. The van der Waals surface area contributed by atoms with Crippen molar-refractivity contribution in [3.8, 4) is 22.6 Å². The fourth-order valence-electron chi connectivity index (χ4n) is 3.78. The Hall–Kier alpha value is -3.38. The molecular formula is C23H30ClN5O6. The van der Waals surface area contributed by atoms with Crippen molar-refractivity contribution in [2.75, 3.05) is 6.54 Å². The van der Waals surface area contributed by atoms with Crippen LogP contribution >= 0.6 is 12.4 Å². The number of nitrogens with one attached hydrogen (secondary N) is 2. The summed E-state index contributed by atoms with van der Waals surface area (Å²) >= 11 is 0. The summed E-state index contributed by atoms with van der Waals surface area (Å²) in [5.74, 6) is -2.48. The van der Waals surface area contributed by atoms with E-state index in [0.29, 0.717) is 22.3 Å². The van der Waals surface area contributed by atoms with Gasteiger partial charge in [-0.05, 0) is 46.5 Å². The zero-order valence-electron chi connectivity index (χ0n) is 18.8. The van der Waals surface area contributed by atoms with Gasteiger partial charge in [-0.1, -0.05) is 12.1 Å². The van der Waals surface area contributed by atoms with Crippen LogP contribution in [-0.2, 0) is 27.2 Å². The summed E-state index contributed by atoms with van der Waals surface area (Å²) in [5.41, 5.74) is 19.1. The lowest BCUT2D eigenvalue weighted by atomic mass is 9.95. The number of phenolic OH excluding ortho intramolecular Hbond substituents is 2. The van der Waals surface area contributed by atoms with Crippen molar-refractivity contribution in [1.29, 1.82) is 0 Å². The van der Waals surface area contributed by atoms with E-state index in [2.05, 4.69) is 10.6 Å². The number of hydrogen-bond donors (Lipinski definition) is 8. The second-order valence-corrected chi connectivity index (χ2v) is 8.35. The van der Waals surface area contributed by atoms with Crippen molar-refractivity contribution in [3.05, 3.63) is 47.5 Å². The van der Waals surface area contributed by atoms with Crippen molar-refractivity contribution in [1.82, 2.24) is 10.6 Å². The molecule has 0 aromatic heterocycles. The Bertz CT molecular complexity index is 1100. The van der Waals surface area contributed by atoms with Gasteiger partial charge in [0.1, 0.15) is 23.6 Å². The van der Waals surface area contributed by atoms with Gasteiger partial charge in [0.25, 0.3) is 0 Å². The predicted octanol–water partition coefficient (Wildman–Crippen LogP) is -1.22. The second-order valence-electron chi connectivity index (χ2n) is 8.35. The largest absolute Gasteiger partial charge is 0.508 e. The third-order valence-corrected chi connectivity index (χ3v) is 5.77. The Morgan fingerprint density at radius 1 is 0.971 bits per heavy atom. The SMILES string of the molecule is Cl.NC[C@H](O)C[C@@H]1NC(=O)[C@@H](N)Cc2cc(ccc2O)-c2ccc(O)c(c2)C[C@H](C(N)=O)NC1=O. The quantitative estimate of drug-likeness (QED) is 0.250. The zero-order valence-corrected chi connectivity index (χ0v) is 19.6. The highest BCUT2D eigenvalue weighted by Gasteiger charge is 2.30. The fraction of sp³-hybridized carbons (Fsp3) is 0.348. The van der Waals surface area contributed by atoms with E-state index in [1.54, 1.807) is 24.3 Å². The van der Waals surface area contributed by atoms with E-state index < -0.39 is 42.0 Å². The van der Waals surface area contributed by atoms with E-state index in [4.69, 9.17) is 17.2 Å². The molecule has 190 valence electrons. The molecule has 0 saturated heterocycles. The van der Waals surface area contributed by atoms with Crippen LogP contribution in [0.2, 0.25) is 0 Å². The summed E-state index contributed by atoms with van der Waals surface area (Å²) < 4.78 is 0. The van der Waals surface area contributed by atoms with E-state index in [-0.39, 0.29) is 49.7 Å². The molecule has 0 unspecified atom stereocenters. The molecule has 3 rings (SSSR count). The molecule has 4 atom stereocenters. The minimum absolute atomic E-state index is 0. The average Bonchev–Trinajstić information content (AvgIpc) is 2.79. The number of hydrogen-bond acceptors (Lipinski definition) is 8. The molecule has 12 heteroatoms. The van der Waals surface area contributed by atoms with Gasteiger partial charge < -0.3 is 43.2 Å². The maximum absolute atomic E-state index is 13.0. The molecule has 1 aliphatic rings. The highest BCUT2D eigenvalue weighted by Crippen LogP contribution is 2.30. The van der Waals surface area contributed by atoms with Gasteiger partial charge in [0.15, 0.2) is 0 Å². The molecule has 1 aliphatic heterocycles. The monoisotopic (exact) mass is 507 g/mol. The van der Waals surface area contributed by atoms with Gasteiger partial charge in [0.2, 0.25) is 17.7 Å². The highest BCUT2D eigenvalue weighted by molar-refractivity contribution is 5.93. The second kappa shape index (κ2) is 11.8. The van der Waals surface area contributed by atoms with Crippen molar-refractivity contribution in [3.63, 3.8) is 0 Å². The Balaban J connectivity index is 0.00000432. The molecule has 2 aromatic rings. The maximum atomic E-state index is 13.0. The first-order valence-electron chi connectivity index (χ1n) is 10.8. The summed E-state index contributed by atoms with van der Waals surface area (Å²) in [4.78, 5) is 37.8. The van der Waals surface area contributed by atoms with E-state index in [1.165, 1.54) is 12.1 Å². The minimum atomic E-state index is -1.26. The number of fused-ring (bicyclic) bond motifs is 5. The average molecular weight is 508 g/mol. The van der Waals surface area contributed by atoms with Crippen LogP contribution < -0.4 is 27.8 Å². The topological polar surface area (TPSA) is 214 Å². The number of carbonyl (C=O) groups excluding carboxylic acids is 3. The number of aliphatic hydroxyl groups is 1. The van der Waals surface area contributed by atoms with Gasteiger partial charge in [-0.25, -0.2) is 0 Å². The summed E-state index contributed by atoms with van der Waals surface area (Å²) in [7, 11) is 0. The van der Waals surface area contributed by atoms with Gasteiger partial charge in [-0.15, -0.1) is 12.4 Å². The Kier molecular flexibility index (Phi) is 9.43. The molecule has 1 heterocycles. The molecule has 4 bridgehead atoms. The Labute approximate surface area is 208 Å². The van der Waals surface area contributed by atoms with E-state index >= 15 is 0 Å². The van der Waals surface area contributed by atoms with E-state index in [9.17, 15) is 29.7 Å². The van der Waals surface area contributed by atoms with Crippen LogP contribution in [0.15, 0.2) is 36.4 Å². The Morgan fingerprint density at radius 3 is 2.03 bits per heavy atom. The number of rotatable bonds is 4. The molecule has 11 nitrogen and oxygen atoms in total. The van der Waals surface area contributed by atoms with Crippen molar-refractivity contribution in [2.45, 2.75) is 43.5 Å². The number of aromatic hydroxyl groups is 2. The number of benzene rings is 2. The van der Waals surface area contributed by atoms with Crippen molar-refractivity contribution >= 4 is 30.1 Å². The lowest BCUT2D eigenvalue weighted by Gasteiger charge is -2.24. The van der Waals surface area contributed by atoms with Gasteiger partial charge in [0, 0.05) is 25.8 Å². The van der Waals surface area contributed by atoms with Crippen LogP contribution in [0.1, 0.15) is 17.5 Å². The highest BCUT2D eigenvalue weighted by atomic mass is 35.5. The van der Waals surface area contributed by atoms with Crippen molar-refractivity contribution < 1.29 is 29.7 Å². The number of nitrogens with two attached hydrogens (primary N) is 3. The molecule has 0 radical (unpaired) electrons. The van der Waals surface area contributed by atoms with Gasteiger partial charge in [-0.3, -0.25) is 14.4 Å². The van der Waals surface area contributed by atoms with Crippen LogP contribution in [-0.4, -0.2) is 63.8 Å². The van der Waals surface area contributed by atoms with E-state index in [1.807, 2.05) is 0 Å². The molecular weight excluding hydrogens is 478 g/mol. The van der Waals surface area contributed by atoms with Crippen LogP contribution in [0.4, 0.5) is 0 Å².